The quantitative estimate of drug-likeness (QED) is 0.570. The van der Waals surface area contributed by atoms with Crippen LogP contribution in [0.25, 0.3) is 6.08 Å². The van der Waals surface area contributed by atoms with E-state index in [4.69, 9.17) is 26.2 Å². The van der Waals surface area contributed by atoms with Crippen molar-refractivity contribution < 1.29 is 19.4 Å². The summed E-state index contributed by atoms with van der Waals surface area (Å²) in [6.45, 7) is 2.84. The second-order valence-corrected chi connectivity index (χ2v) is 4.58. The minimum absolute atomic E-state index is 0.0514. The number of ether oxygens (including phenoxy) is 2. The minimum Gasteiger partial charge on any atom is -0.491 e. The summed E-state index contributed by atoms with van der Waals surface area (Å²) in [5, 5.41) is 11.7. The molecule has 1 aromatic rings. The summed E-state index contributed by atoms with van der Waals surface area (Å²) in [5.74, 6) is 0.782. The van der Waals surface area contributed by atoms with Crippen molar-refractivity contribution in [2.75, 3.05) is 26.9 Å². The first kappa shape index (κ1) is 17.3. The number of hydrogen-bond donors (Lipinski definition) is 2. The van der Waals surface area contributed by atoms with Gasteiger partial charge in [0.25, 0.3) is 0 Å². The van der Waals surface area contributed by atoms with E-state index in [1.807, 2.05) is 6.92 Å². The molecule has 0 aliphatic carbocycles. The van der Waals surface area contributed by atoms with Gasteiger partial charge in [0, 0.05) is 19.2 Å². The molecule has 0 saturated carbocycles. The van der Waals surface area contributed by atoms with E-state index in [0.717, 1.165) is 5.56 Å². The summed E-state index contributed by atoms with van der Waals surface area (Å²) in [6, 6.07) is 3.45. The number of aliphatic hydroxyl groups is 1. The summed E-state index contributed by atoms with van der Waals surface area (Å²) in [7, 11) is 1.52. The molecular weight excluding hydrogens is 294 g/mol. The van der Waals surface area contributed by atoms with Crippen molar-refractivity contribution in [3.63, 3.8) is 0 Å². The molecule has 0 radical (unpaired) electrons. The molecule has 116 valence electrons. The molecule has 6 heteroatoms. The molecule has 0 spiro atoms. The number of amides is 1. The monoisotopic (exact) mass is 313 g/mol. The largest absolute Gasteiger partial charge is 0.491 e. The molecule has 0 atom stereocenters. The Kier molecular flexibility index (Phi) is 7.64. The van der Waals surface area contributed by atoms with E-state index < -0.39 is 0 Å². The van der Waals surface area contributed by atoms with E-state index in [9.17, 15) is 4.79 Å². The lowest BCUT2D eigenvalue weighted by Crippen LogP contribution is -2.22. The van der Waals surface area contributed by atoms with Gasteiger partial charge in [-0.2, -0.15) is 0 Å². The molecule has 0 heterocycles. The third kappa shape index (κ3) is 5.65. The first-order valence-corrected chi connectivity index (χ1v) is 7.07. The molecule has 1 aromatic carbocycles. The molecule has 1 amide bonds. The molecule has 0 bridgehead atoms. The second kappa shape index (κ2) is 9.26. The Labute approximate surface area is 129 Å². The molecule has 0 aliphatic heterocycles. The van der Waals surface area contributed by atoms with Gasteiger partial charge in [0.1, 0.15) is 0 Å². The Morgan fingerprint density at radius 3 is 2.86 bits per heavy atom. The molecule has 5 nitrogen and oxygen atoms in total. The normalized spacial score (nSPS) is 10.7. The second-order valence-electron chi connectivity index (χ2n) is 4.17. The number of nitrogens with one attached hydrogen (secondary N) is 1. The topological polar surface area (TPSA) is 67.8 Å². The van der Waals surface area contributed by atoms with E-state index in [2.05, 4.69) is 5.32 Å². The number of benzene rings is 1. The third-order valence-corrected chi connectivity index (χ3v) is 2.88. The molecule has 1 rings (SSSR count). The first-order valence-electron chi connectivity index (χ1n) is 6.69. The fourth-order valence-corrected chi connectivity index (χ4v) is 1.96. The van der Waals surface area contributed by atoms with E-state index in [1.165, 1.54) is 13.2 Å². The number of carbonyl (C=O) groups is 1. The van der Waals surface area contributed by atoms with Crippen molar-refractivity contribution >= 4 is 23.6 Å². The molecule has 0 aromatic heterocycles. The van der Waals surface area contributed by atoms with Gasteiger partial charge in [0.2, 0.25) is 5.91 Å². The lowest BCUT2D eigenvalue weighted by Gasteiger charge is -2.11. The van der Waals surface area contributed by atoms with Crippen molar-refractivity contribution in [1.82, 2.24) is 5.32 Å². The molecule has 21 heavy (non-hydrogen) atoms. The lowest BCUT2D eigenvalue weighted by molar-refractivity contribution is -0.116. The molecule has 2 N–H and O–H groups in total. The number of methoxy groups -OCH3 is 1. The predicted molar refractivity (Wildman–Crippen MR) is 82.9 cm³/mol. The van der Waals surface area contributed by atoms with Gasteiger partial charge >= 0.3 is 0 Å². The van der Waals surface area contributed by atoms with Crippen LogP contribution in [-0.4, -0.2) is 37.9 Å². The Balaban J connectivity index is 2.81. The summed E-state index contributed by atoms with van der Waals surface area (Å²) < 4.78 is 10.7. The smallest absolute Gasteiger partial charge is 0.244 e. The SMILES string of the molecule is CCOc1cc(/C=C/C(=O)NCCCO)cc(Cl)c1OC. The number of rotatable bonds is 8. The van der Waals surface area contributed by atoms with Crippen molar-refractivity contribution in [3.8, 4) is 11.5 Å². The first-order chi connectivity index (χ1) is 10.1. The van der Waals surface area contributed by atoms with Crippen LogP contribution < -0.4 is 14.8 Å². The van der Waals surface area contributed by atoms with Crippen LogP contribution in [0.3, 0.4) is 0 Å². The molecule has 0 saturated heterocycles. The van der Waals surface area contributed by atoms with Crippen LogP contribution >= 0.6 is 11.6 Å². The Morgan fingerprint density at radius 2 is 2.24 bits per heavy atom. The zero-order valence-corrected chi connectivity index (χ0v) is 12.9. The number of halogens is 1. The molecule has 0 unspecified atom stereocenters. The van der Waals surface area contributed by atoms with Crippen LogP contribution in [-0.2, 0) is 4.79 Å². The third-order valence-electron chi connectivity index (χ3n) is 2.60. The van der Waals surface area contributed by atoms with Crippen LogP contribution in [0.1, 0.15) is 18.9 Å². The van der Waals surface area contributed by atoms with Gasteiger partial charge in [-0.15, -0.1) is 0 Å². The summed E-state index contributed by atoms with van der Waals surface area (Å²) in [4.78, 5) is 11.5. The maximum Gasteiger partial charge on any atom is 0.244 e. The van der Waals surface area contributed by atoms with Crippen molar-refractivity contribution in [1.29, 1.82) is 0 Å². The van der Waals surface area contributed by atoms with Crippen LogP contribution in [0.4, 0.5) is 0 Å². The molecule has 0 fully saturated rings. The zero-order chi connectivity index (χ0) is 15.7. The van der Waals surface area contributed by atoms with Gasteiger partial charge in [-0.3, -0.25) is 4.79 Å². The van der Waals surface area contributed by atoms with E-state index in [1.54, 1.807) is 18.2 Å². The summed E-state index contributed by atoms with van der Waals surface area (Å²) in [6.07, 6.45) is 3.58. The molecular formula is C15H20ClNO4. The predicted octanol–water partition coefficient (Wildman–Crippen LogP) is 2.26. The zero-order valence-electron chi connectivity index (χ0n) is 12.2. The minimum atomic E-state index is -0.228. The fourth-order valence-electron chi connectivity index (χ4n) is 1.67. The highest BCUT2D eigenvalue weighted by molar-refractivity contribution is 6.32. The van der Waals surface area contributed by atoms with E-state index in [-0.39, 0.29) is 12.5 Å². The highest BCUT2D eigenvalue weighted by Crippen LogP contribution is 2.36. The van der Waals surface area contributed by atoms with E-state index >= 15 is 0 Å². The fraction of sp³-hybridized carbons (Fsp3) is 0.400. The molecule has 0 aliphatic rings. The Morgan fingerprint density at radius 1 is 1.48 bits per heavy atom. The average molecular weight is 314 g/mol. The highest BCUT2D eigenvalue weighted by atomic mass is 35.5. The van der Waals surface area contributed by atoms with Crippen LogP contribution in [0.2, 0.25) is 5.02 Å². The van der Waals surface area contributed by atoms with Crippen LogP contribution in [0.15, 0.2) is 18.2 Å². The summed E-state index contributed by atoms with van der Waals surface area (Å²) >= 11 is 6.12. The van der Waals surface area contributed by atoms with Crippen LogP contribution in [0, 0.1) is 0 Å². The van der Waals surface area contributed by atoms with Gasteiger partial charge < -0.3 is 19.9 Å². The van der Waals surface area contributed by atoms with Crippen molar-refractivity contribution in [2.24, 2.45) is 0 Å². The Bertz CT molecular complexity index is 503. The number of carbonyl (C=O) groups excluding carboxylic acids is 1. The highest BCUT2D eigenvalue weighted by Gasteiger charge is 2.10. The van der Waals surface area contributed by atoms with Crippen molar-refractivity contribution in [3.05, 3.63) is 28.8 Å². The summed E-state index contributed by atoms with van der Waals surface area (Å²) in [5.41, 5.74) is 0.738. The maximum atomic E-state index is 11.5. The van der Waals surface area contributed by atoms with E-state index in [0.29, 0.717) is 36.1 Å². The maximum absolute atomic E-state index is 11.5. The lowest BCUT2D eigenvalue weighted by atomic mass is 10.2. The number of aliphatic hydroxyl groups excluding tert-OH is 1. The standard InChI is InChI=1S/C15H20ClNO4/c1-3-21-13-10-11(9-12(16)15(13)20-2)5-6-14(19)17-7-4-8-18/h5-6,9-10,18H,3-4,7-8H2,1-2H3,(H,17,19)/b6-5+. The van der Waals surface area contributed by atoms with Gasteiger partial charge in [-0.25, -0.2) is 0 Å². The Hall–Kier alpha value is -1.72. The average Bonchev–Trinajstić information content (AvgIpc) is 2.45. The van der Waals surface area contributed by atoms with Crippen LogP contribution in [0.5, 0.6) is 11.5 Å². The number of hydrogen-bond acceptors (Lipinski definition) is 4. The van der Waals surface area contributed by atoms with Gasteiger partial charge in [0.05, 0.1) is 18.7 Å². The van der Waals surface area contributed by atoms with Crippen molar-refractivity contribution in [2.45, 2.75) is 13.3 Å². The van der Waals surface area contributed by atoms with Gasteiger partial charge in [-0.1, -0.05) is 11.6 Å². The van der Waals surface area contributed by atoms with Gasteiger partial charge in [-0.05, 0) is 37.1 Å². The van der Waals surface area contributed by atoms with Gasteiger partial charge in [0.15, 0.2) is 11.5 Å².